The van der Waals surface area contributed by atoms with Gasteiger partial charge in [0.25, 0.3) is 5.91 Å². The standard InChI is InChI=1S/C21H15I2N3O2S/c22-14-9-13(10-15(23)21(14)28)11-24-25-20(27)12-26-16-5-1-3-7-18(16)29-19-8-4-2-6-17(19)26/h1-11,28H,12H2,(H,25,27). The first-order valence-electron chi connectivity index (χ1n) is 8.66. The molecule has 1 amide bonds. The number of hydrogen-bond acceptors (Lipinski definition) is 5. The summed E-state index contributed by atoms with van der Waals surface area (Å²) in [6, 6.07) is 19.7. The van der Waals surface area contributed by atoms with Crippen LogP contribution in [0.3, 0.4) is 0 Å². The summed E-state index contributed by atoms with van der Waals surface area (Å²) in [7, 11) is 0. The van der Waals surface area contributed by atoms with Crippen LogP contribution >= 0.6 is 56.9 Å². The van der Waals surface area contributed by atoms with Gasteiger partial charge in [-0.25, -0.2) is 5.43 Å². The van der Waals surface area contributed by atoms with Crippen molar-refractivity contribution in [1.82, 2.24) is 5.43 Å². The van der Waals surface area contributed by atoms with E-state index in [2.05, 4.69) is 67.8 Å². The number of phenolic OH excluding ortho intramolecular Hbond substituents is 1. The lowest BCUT2D eigenvalue weighted by molar-refractivity contribution is -0.119. The van der Waals surface area contributed by atoms with Gasteiger partial charge in [0.15, 0.2) is 0 Å². The van der Waals surface area contributed by atoms with Crippen LogP contribution < -0.4 is 10.3 Å². The maximum atomic E-state index is 12.6. The lowest BCUT2D eigenvalue weighted by Gasteiger charge is -2.31. The van der Waals surface area contributed by atoms with Crippen molar-refractivity contribution in [2.45, 2.75) is 9.79 Å². The number of phenols is 1. The van der Waals surface area contributed by atoms with Gasteiger partial charge in [-0.3, -0.25) is 4.79 Å². The Morgan fingerprint density at radius 3 is 2.17 bits per heavy atom. The summed E-state index contributed by atoms with van der Waals surface area (Å²) in [6.45, 7) is 0.163. The number of aromatic hydroxyl groups is 1. The lowest BCUT2D eigenvalue weighted by atomic mass is 10.2. The Bertz CT molecular complexity index is 1050. The van der Waals surface area contributed by atoms with E-state index in [9.17, 15) is 9.90 Å². The van der Waals surface area contributed by atoms with Crippen LogP contribution in [0.4, 0.5) is 11.4 Å². The van der Waals surface area contributed by atoms with E-state index in [-0.39, 0.29) is 18.2 Å². The monoisotopic (exact) mass is 627 g/mol. The van der Waals surface area contributed by atoms with E-state index in [0.29, 0.717) is 0 Å². The van der Waals surface area contributed by atoms with Gasteiger partial charge in [0, 0.05) is 9.79 Å². The minimum absolute atomic E-state index is 0.163. The molecular weight excluding hydrogens is 612 g/mol. The molecule has 2 N–H and O–H groups in total. The van der Waals surface area contributed by atoms with E-state index in [1.807, 2.05) is 53.4 Å². The number of halogens is 2. The number of hydrazone groups is 1. The fourth-order valence-corrected chi connectivity index (χ4v) is 5.88. The maximum Gasteiger partial charge on any atom is 0.260 e. The van der Waals surface area contributed by atoms with Crippen molar-refractivity contribution in [2.75, 3.05) is 11.4 Å². The largest absolute Gasteiger partial charge is 0.506 e. The minimum atomic E-state index is -0.207. The molecule has 1 heterocycles. The van der Waals surface area contributed by atoms with Gasteiger partial charge in [0.05, 0.1) is 24.7 Å². The second kappa shape index (κ2) is 8.92. The molecule has 0 fully saturated rings. The molecule has 0 aromatic heterocycles. The Labute approximate surface area is 199 Å². The highest BCUT2D eigenvalue weighted by molar-refractivity contribution is 14.1. The average Bonchev–Trinajstić information content (AvgIpc) is 2.72. The fraction of sp³-hybridized carbons (Fsp3) is 0.0476. The summed E-state index contributed by atoms with van der Waals surface area (Å²) in [5, 5.41) is 13.9. The third-order valence-electron chi connectivity index (χ3n) is 4.28. The van der Waals surface area contributed by atoms with Crippen LogP contribution in [-0.4, -0.2) is 23.8 Å². The molecule has 0 aliphatic carbocycles. The first-order valence-corrected chi connectivity index (χ1v) is 11.6. The van der Waals surface area contributed by atoms with Crippen molar-refractivity contribution in [2.24, 2.45) is 5.10 Å². The van der Waals surface area contributed by atoms with Crippen molar-refractivity contribution in [3.63, 3.8) is 0 Å². The van der Waals surface area contributed by atoms with E-state index in [4.69, 9.17) is 0 Å². The number of hydrogen-bond donors (Lipinski definition) is 2. The number of nitrogens with zero attached hydrogens (tertiary/aromatic N) is 2. The van der Waals surface area contributed by atoms with Crippen LogP contribution in [0.5, 0.6) is 5.75 Å². The second-order valence-corrected chi connectivity index (χ2v) is 9.66. The number of carbonyl (C=O) groups is 1. The van der Waals surface area contributed by atoms with E-state index in [1.165, 1.54) is 0 Å². The molecule has 1 aliphatic heterocycles. The number of fused-ring (bicyclic) bond motifs is 2. The Balaban J connectivity index is 1.50. The van der Waals surface area contributed by atoms with Crippen molar-refractivity contribution < 1.29 is 9.90 Å². The number of rotatable bonds is 4. The highest BCUT2D eigenvalue weighted by Gasteiger charge is 2.24. The number of anilines is 2. The number of amides is 1. The van der Waals surface area contributed by atoms with Crippen LogP contribution in [0.15, 0.2) is 75.6 Å². The quantitative estimate of drug-likeness (QED) is 0.233. The molecule has 3 aromatic rings. The smallest absolute Gasteiger partial charge is 0.260 e. The number of benzene rings is 3. The molecule has 0 bridgehead atoms. The summed E-state index contributed by atoms with van der Waals surface area (Å²) >= 11 is 5.84. The summed E-state index contributed by atoms with van der Waals surface area (Å²) in [6.07, 6.45) is 1.58. The maximum absolute atomic E-state index is 12.6. The predicted octanol–water partition coefficient (Wildman–Crippen LogP) is 5.35. The summed E-state index contributed by atoms with van der Waals surface area (Å²) in [4.78, 5) is 16.8. The van der Waals surface area contributed by atoms with Crippen LogP contribution in [0.1, 0.15) is 5.56 Å². The molecule has 5 nitrogen and oxygen atoms in total. The minimum Gasteiger partial charge on any atom is -0.506 e. The first-order chi connectivity index (χ1) is 14.0. The normalized spacial score (nSPS) is 12.6. The summed E-state index contributed by atoms with van der Waals surface area (Å²) in [5.74, 6) is 0.0496. The molecule has 1 aliphatic rings. The SMILES string of the molecule is O=C(CN1c2ccccc2Sc2ccccc21)NN=Cc1cc(I)c(O)c(I)c1. The van der Waals surface area contributed by atoms with Crippen molar-refractivity contribution in [3.8, 4) is 5.75 Å². The molecule has 146 valence electrons. The Morgan fingerprint density at radius 1 is 1.03 bits per heavy atom. The molecular formula is C21H15I2N3O2S. The Morgan fingerprint density at radius 2 is 1.59 bits per heavy atom. The summed E-state index contributed by atoms with van der Waals surface area (Å²) in [5.41, 5.74) is 5.44. The molecule has 0 radical (unpaired) electrons. The zero-order chi connectivity index (χ0) is 20.4. The second-order valence-electron chi connectivity index (χ2n) is 6.25. The highest BCUT2D eigenvalue weighted by Crippen LogP contribution is 2.47. The van der Waals surface area contributed by atoms with Crippen molar-refractivity contribution in [1.29, 1.82) is 0 Å². The highest BCUT2D eigenvalue weighted by atomic mass is 127. The van der Waals surface area contributed by atoms with Gasteiger partial charge in [-0.2, -0.15) is 5.10 Å². The molecule has 4 rings (SSSR count). The molecule has 29 heavy (non-hydrogen) atoms. The molecule has 0 atom stereocenters. The first kappa shape index (κ1) is 20.5. The molecule has 8 heteroatoms. The molecule has 0 spiro atoms. The Kier molecular flexibility index (Phi) is 6.30. The third-order valence-corrected chi connectivity index (χ3v) is 7.05. The van der Waals surface area contributed by atoms with Crippen molar-refractivity contribution >= 4 is 80.4 Å². The van der Waals surface area contributed by atoms with E-state index >= 15 is 0 Å². The van der Waals surface area contributed by atoms with E-state index < -0.39 is 0 Å². The zero-order valence-corrected chi connectivity index (χ0v) is 20.1. The molecule has 3 aromatic carbocycles. The van der Waals surface area contributed by atoms with Crippen LogP contribution in [0.25, 0.3) is 0 Å². The molecule has 0 saturated carbocycles. The zero-order valence-electron chi connectivity index (χ0n) is 15.0. The van der Waals surface area contributed by atoms with E-state index in [0.717, 1.165) is 33.9 Å². The average molecular weight is 627 g/mol. The van der Waals surface area contributed by atoms with Gasteiger partial charge in [0.2, 0.25) is 0 Å². The van der Waals surface area contributed by atoms with Gasteiger partial charge in [-0.15, -0.1) is 0 Å². The number of para-hydroxylation sites is 2. The third kappa shape index (κ3) is 4.53. The topological polar surface area (TPSA) is 64.9 Å². The summed E-state index contributed by atoms with van der Waals surface area (Å²) < 4.78 is 1.47. The van der Waals surface area contributed by atoms with Crippen LogP contribution in [-0.2, 0) is 4.79 Å². The van der Waals surface area contributed by atoms with Gasteiger partial charge in [-0.05, 0) is 87.1 Å². The van der Waals surface area contributed by atoms with Gasteiger partial charge in [-0.1, -0.05) is 36.0 Å². The number of nitrogens with one attached hydrogen (secondary N) is 1. The van der Waals surface area contributed by atoms with Gasteiger partial charge in [0.1, 0.15) is 12.3 Å². The van der Waals surface area contributed by atoms with Gasteiger partial charge >= 0.3 is 0 Å². The fourth-order valence-electron chi connectivity index (χ4n) is 2.97. The molecule has 0 unspecified atom stereocenters. The van der Waals surface area contributed by atoms with Crippen LogP contribution in [0, 0.1) is 7.14 Å². The molecule has 0 saturated heterocycles. The van der Waals surface area contributed by atoms with Gasteiger partial charge < -0.3 is 10.0 Å². The predicted molar refractivity (Wildman–Crippen MR) is 133 cm³/mol. The number of carbonyl (C=O) groups excluding carboxylic acids is 1. The Hall–Kier alpha value is -1.79. The van der Waals surface area contributed by atoms with Crippen LogP contribution in [0.2, 0.25) is 0 Å². The van der Waals surface area contributed by atoms with Crippen molar-refractivity contribution in [3.05, 3.63) is 73.4 Å². The lowest BCUT2D eigenvalue weighted by Crippen LogP contribution is -2.33. The van der Waals surface area contributed by atoms with E-state index in [1.54, 1.807) is 18.0 Å².